The van der Waals surface area contributed by atoms with Crippen molar-refractivity contribution in [3.05, 3.63) is 116 Å². The number of ether oxygens (including phenoxy) is 4. The van der Waals surface area contributed by atoms with Gasteiger partial charge in [0.15, 0.2) is 26.2 Å². The molecular weight excluding hydrogens is 777 g/mol. The van der Waals surface area contributed by atoms with Crippen LogP contribution < -0.4 is 9.80 Å². The standard InChI is InChI=1S/C44H46N4O4S4/c1-3-33(43(35-5-9-39(53-35)45-13-21-49-22-14-45)36-6-10-40(54-36)46-15-23-50-24-16-46)30-32-2-4-34(29-31(1)32)44(37-7-11-41(55-37)47-17-25-51-26-18-47)38-8-12-42(56-38)48-19-27-52-28-20-48/h1-12,29-30H,13-28H2/q+2. The predicted octanol–water partition coefficient (Wildman–Crippen LogP) is 7.64. The summed E-state index contributed by atoms with van der Waals surface area (Å²) in [6.45, 7) is 13.8. The first-order valence-electron chi connectivity index (χ1n) is 19.7. The Morgan fingerprint density at radius 1 is 0.464 bits per heavy atom. The van der Waals surface area contributed by atoms with Crippen molar-refractivity contribution in [1.82, 2.24) is 0 Å². The van der Waals surface area contributed by atoms with E-state index >= 15 is 0 Å². The van der Waals surface area contributed by atoms with Gasteiger partial charge in [0.2, 0.25) is 10.1 Å². The fourth-order valence-corrected chi connectivity index (χ4v) is 12.7. The zero-order chi connectivity index (χ0) is 37.3. The van der Waals surface area contributed by atoms with Crippen LogP contribution in [0.2, 0.25) is 0 Å². The van der Waals surface area contributed by atoms with Crippen molar-refractivity contribution >= 4 is 88.2 Å². The van der Waals surface area contributed by atoms with Crippen molar-refractivity contribution in [3.8, 4) is 0 Å². The Morgan fingerprint density at radius 2 is 0.875 bits per heavy atom. The third-order valence-corrected chi connectivity index (χ3v) is 15.7. The number of morpholine rings is 4. The molecule has 56 heavy (non-hydrogen) atoms. The van der Waals surface area contributed by atoms with Crippen LogP contribution in [0.5, 0.6) is 0 Å². The molecule has 0 amide bonds. The van der Waals surface area contributed by atoms with Gasteiger partial charge in [-0.1, -0.05) is 24.3 Å². The van der Waals surface area contributed by atoms with E-state index in [0.29, 0.717) is 0 Å². The van der Waals surface area contributed by atoms with E-state index in [1.807, 2.05) is 46.2 Å². The van der Waals surface area contributed by atoms with Gasteiger partial charge in [0.1, 0.15) is 26.4 Å². The summed E-state index contributed by atoms with van der Waals surface area (Å²) < 4.78 is 27.6. The van der Waals surface area contributed by atoms with Gasteiger partial charge in [-0.25, -0.2) is 9.15 Å². The number of anilines is 2. The summed E-state index contributed by atoms with van der Waals surface area (Å²) in [6.07, 6.45) is 9.25. The summed E-state index contributed by atoms with van der Waals surface area (Å²) in [4.78, 5) is 10.1. The Balaban J connectivity index is 1.03. The van der Waals surface area contributed by atoms with Gasteiger partial charge in [-0.2, -0.15) is 0 Å². The number of fused-ring (bicyclic) bond motifs is 1. The maximum atomic E-state index is 5.67. The topological polar surface area (TPSA) is 49.4 Å². The molecule has 0 unspecified atom stereocenters. The van der Waals surface area contributed by atoms with Crippen LogP contribution in [0.25, 0.3) is 21.9 Å². The minimum atomic E-state index is 0.784. The van der Waals surface area contributed by atoms with Crippen LogP contribution in [0.3, 0.4) is 0 Å². The zero-order valence-corrected chi connectivity index (χ0v) is 34.7. The Bertz CT molecular complexity index is 2140. The monoisotopic (exact) mass is 822 g/mol. The average molecular weight is 823 g/mol. The molecule has 2 aromatic heterocycles. The van der Waals surface area contributed by atoms with Crippen molar-refractivity contribution in [2.75, 3.05) is 115 Å². The Kier molecular flexibility index (Phi) is 11.1. The van der Waals surface area contributed by atoms with Gasteiger partial charge in [-0.15, -0.1) is 22.7 Å². The van der Waals surface area contributed by atoms with E-state index < -0.39 is 0 Å². The highest BCUT2D eigenvalue weighted by molar-refractivity contribution is 8.18. The van der Waals surface area contributed by atoms with E-state index in [1.165, 1.54) is 72.7 Å². The van der Waals surface area contributed by atoms with Crippen LogP contribution in [-0.4, -0.2) is 124 Å². The molecule has 8 heterocycles. The maximum Gasteiger partial charge on any atom is 0.239 e. The van der Waals surface area contributed by atoms with Crippen LogP contribution in [0.1, 0.15) is 20.9 Å². The number of benzene rings is 2. The first-order chi connectivity index (χ1) is 27.7. The zero-order valence-electron chi connectivity index (χ0n) is 31.5. The van der Waals surface area contributed by atoms with E-state index in [9.17, 15) is 0 Å². The van der Waals surface area contributed by atoms with E-state index in [4.69, 9.17) is 18.9 Å². The lowest BCUT2D eigenvalue weighted by molar-refractivity contribution is -0.546. The molecule has 0 bridgehead atoms. The number of allylic oxidation sites excluding steroid dienone is 2. The molecule has 0 radical (unpaired) electrons. The molecule has 2 aromatic carbocycles. The van der Waals surface area contributed by atoms with Gasteiger partial charge in [-0.3, -0.25) is 0 Å². The van der Waals surface area contributed by atoms with Crippen LogP contribution in [-0.2, 0) is 18.9 Å². The third-order valence-electron chi connectivity index (χ3n) is 11.1. The minimum Gasteiger partial charge on any atom is -0.378 e. The second kappa shape index (κ2) is 16.8. The predicted molar refractivity (Wildman–Crippen MR) is 236 cm³/mol. The molecule has 0 aliphatic carbocycles. The quantitative estimate of drug-likeness (QED) is 0.184. The van der Waals surface area contributed by atoms with Gasteiger partial charge in [0, 0.05) is 69.0 Å². The van der Waals surface area contributed by atoms with Crippen molar-refractivity contribution in [1.29, 1.82) is 0 Å². The summed E-state index contributed by atoms with van der Waals surface area (Å²) in [5, 5.41) is 7.76. The first-order valence-corrected chi connectivity index (χ1v) is 23.0. The van der Waals surface area contributed by atoms with Crippen LogP contribution in [0.4, 0.5) is 10.0 Å². The van der Waals surface area contributed by atoms with Crippen LogP contribution >= 0.6 is 46.2 Å². The summed E-state index contributed by atoms with van der Waals surface area (Å²) in [6, 6.07) is 23.4. The summed E-state index contributed by atoms with van der Waals surface area (Å²) >= 11 is 7.59. The highest BCUT2D eigenvalue weighted by atomic mass is 32.2. The number of rotatable bonds is 6. The molecule has 0 spiro atoms. The van der Waals surface area contributed by atoms with Crippen molar-refractivity contribution in [2.45, 2.75) is 0 Å². The number of hydrogen-bond acceptors (Lipinski definition) is 10. The third kappa shape index (κ3) is 7.75. The first kappa shape index (κ1) is 36.9. The lowest BCUT2D eigenvalue weighted by Gasteiger charge is -2.27. The number of thioether (sulfide) groups is 2. The second-order valence-electron chi connectivity index (χ2n) is 14.5. The lowest BCUT2D eigenvalue weighted by Crippen LogP contribution is -2.35. The SMILES string of the molecule is C1=CC(=[N+]2CCOCC2)SC1=C(c1ccc2cc(C(=C3C=CC(=[N+]4CCOCC4)S3)c3ccc(N4CCOCC4)s3)ccc2c1)c1ccc(N2CCOCC2)s1. The largest absolute Gasteiger partial charge is 0.378 e. The average Bonchev–Trinajstić information content (AvgIpc) is 4.12. The van der Waals surface area contributed by atoms with Crippen molar-refractivity contribution < 1.29 is 28.1 Å². The molecular formula is C44H46N4O4S4+2. The second-order valence-corrected chi connectivity index (χ2v) is 18.7. The Labute approximate surface area is 345 Å². The summed E-state index contributed by atoms with van der Waals surface area (Å²) in [5.74, 6) is 0. The smallest absolute Gasteiger partial charge is 0.239 e. The summed E-state index contributed by atoms with van der Waals surface area (Å²) in [7, 11) is 0. The van der Waals surface area contributed by atoms with Crippen molar-refractivity contribution in [2.24, 2.45) is 0 Å². The van der Waals surface area contributed by atoms with Gasteiger partial charge in [0.05, 0.1) is 36.4 Å². The van der Waals surface area contributed by atoms with Crippen molar-refractivity contribution in [3.63, 3.8) is 0 Å². The van der Waals surface area contributed by atoms with E-state index in [1.54, 1.807) is 0 Å². The molecule has 0 atom stereocenters. The number of nitrogens with zero attached hydrogens (tertiary/aromatic N) is 4. The molecule has 4 fully saturated rings. The van der Waals surface area contributed by atoms with E-state index in [2.05, 4.69) is 104 Å². The molecule has 10 rings (SSSR count). The summed E-state index contributed by atoms with van der Waals surface area (Å²) in [5.41, 5.74) is 5.12. The molecule has 4 saturated heterocycles. The highest BCUT2D eigenvalue weighted by Gasteiger charge is 2.28. The molecule has 12 heteroatoms. The lowest BCUT2D eigenvalue weighted by atomic mass is 9.96. The number of thiophene rings is 2. The van der Waals surface area contributed by atoms with E-state index in [-0.39, 0.29) is 0 Å². The number of hydrogen-bond donors (Lipinski definition) is 0. The molecule has 0 N–H and O–H groups in total. The molecule has 6 aliphatic heterocycles. The highest BCUT2D eigenvalue weighted by Crippen LogP contribution is 2.45. The van der Waals surface area contributed by atoms with Gasteiger partial charge >= 0.3 is 0 Å². The fourth-order valence-electron chi connectivity index (χ4n) is 8.03. The molecule has 4 aromatic rings. The normalized spacial score (nSPS) is 22.6. The minimum absolute atomic E-state index is 0.784. The molecule has 0 saturated carbocycles. The Hall–Kier alpha value is -3.46. The van der Waals surface area contributed by atoms with Gasteiger partial charge < -0.3 is 28.7 Å². The maximum absolute atomic E-state index is 5.67. The molecule has 288 valence electrons. The van der Waals surface area contributed by atoms with Crippen LogP contribution in [0, 0.1) is 0 Å². The van der Waals surface area contributed by atoms with Crippen LogP contribution in [0.15, 0.2) is 94.8 Å². The van der Waals surface area contributed by atoms with Gasteiger partial charge in [0.25, 0.3) is 0 Å². The fraction of sp³-hybridized carbons (Fsp3) is 0.364. The molecule has 8 nitrogen and oxygen atoms in total. The van der Waals surface area contributed by atoms with Gasteiger partial charge in [-0.05, 0) is 94.0 Å². The Morgan fingerprint density at radius 3 is 1.30 bits per heavy atom. The molecule has 6 aliphatic rings. The van der Waals surface area contributed by atoms with E-state index in [0.717, 1.165) is 105 Å².